The molecular weight excluding hydrogens is 442 g/mol. The van der Waals surface area contributed by atoms with E-state index in [2.05, 4.69) is 35.4 Å². The summed E-state index contributed by atoms with van der Waals surface area (Å²) in [5, 5.41) is 0.329. The van der Waals surface area contributed by atoms with E-state index >= 15 is 0 Å². The Morgan fingerprint density at radius 3 is 2.61 bits per heavy atom. The monoisotopic (exact) mass is 469 g/mol. The number of carbonyl (C=O) groups excluding carboxylic acids is 1. The van der Waals surface area contributed by atoms with Crippen molar-refractivity contribution in [1.29, 1.82) is 0 Å². The number of anilines is 2. The summed E-state index contributed by atoms with van der Waals surface area (Å²) in [4.78, 5) is 24.0. The van der Waals surface area contributed by atoms with E-state index in [-0.39, 0.29) is 21.9 Å². The van der Waals surface area contributed by atoms with Gasteiger partial charge >= 0.3 is 0 Å². The second kappa shape index (κ2) is 8.18. The topological polar surface area (TPSA) is 128 Å². The molecule has 3 N–H and O–H groups in total. The molecule has 9 nitrogen and oxygen atoms in total. The number of fused-ring (bicyclic) bond motifs is 1. The second-order valence-corrected chi connectivity index (χ2v) is 10.4. The summed E-state index contributed by atoms with van der Waals surface area (Å²) in [5.41, 5.74) is 6.19. The van der Waals surface area contributed by atoms with Gasteiger partial charge in [-0.05, 0) is 62.6 Å². The van der Waals surface area contributed by atoms with Gasteiger partial charge in [-0.1, -0.05) is 13.0 Å². The fourth-order valence-electron chi connectivity index (χ4n) is 4.06. The van der Waals surface area contributed by atoms with E-state index in [1.807, 2.05) is 6.07 Å². The average Bonchev–Trinajstić information content (AvgIpc) is 3.04. The predicted molar refractivity (Wildman–Crippen MR) is 127 cm³/mol. The van der Waals surface area contributed by atoms with Crippen molar-refractivity contribution in [2.24, 2.45) is 5.92 Å². The highest BCUT2D eigenvalue weighted by Crippen LogP contribution is 2.39. The number of methoxy groups -OCH3 is 1. The zero-order chi connectivity index (χ0) is 24.0. The van der Waals surface area contributed by atoms with Crippen molar-refractivity contribution in [2.75, 3.05) is 24.3 Å². The lowest BCUT2D eigenvalue weighted by atomic mass is 9.90. The molecule has 0 radical (unpaired) electrons. The Kier molecular flexibility index (Phi) is 5.65. The van der Waals surface area contributed by atoms with Gasteiger partial charge in [0.2, 0.25) is 0 Å². The van der Waals surface area contributed by atoms with Crippen LogP contribution in [-0.2, 0) is 10.0 Å². The third-order valence-corrected chi connectivity index (χ3v) is 7.67. The predicted octanol–water partition coefficient (Wildman–Crippen LogP) is 2.96. The molecule has 1 aliphatic heterocycles. The van der Waals surface area contributed by atoms with Gasteiger partial charge < -0.3 is 15.4 Å². The molecule has 1 unspecified atom stereocenters. The maximum Gasteiger partial charge on any atom is 0.281 e. The van der Waals surface area contributed by atoms with Crippen LogP contribution >= 0.6 is 0 Å². The van der Waals surface area contributed by atoms with Crippen LogP contribution in [0.15, 0.2) is 47.5 Å². The van der Waals surface area contributed by atoms with E-state index < -0.39 is 15.9 Å². The third kappa shape index (κ3) is 4.18. The molecule has 2 aromatic heterocycles. The highest BCUT2D eigenvalue weighted by atomic mass is 32.2. The number of sulfonamides is 1. The van der Waals surface area contributed by atoms with Crippen LogP contribution in [0.2, 0.25) is 0 Å². The summed E-state index contributed by atoms with van der Waals surface area (Å²) in [6.45, 7) is 7.05. The molecule has 1 amide bonds. The number of nitrogens with zero attached hydrogens (tertiary/aromatic N) is 3. The van der Waals surface area contributed by atoms with Gasteiger partial charge in [-0.15, -0.1) is 0 Å². The number of hydrogen-bond donors (Lipinski definition) is 2. The molecule has 1 atom stereocenters. The molecule has 1 saturated heterocycles. The van der Waals surface area contributed by atoms with Crippen molar-refractivity contribution in [3.8, 4) is 5.75 Å². The van der Waals surface area contributed by atoms with Gasteiger partial charge in [-0.2, -0.15) is 8.42 Å². The largest absolute Gasteiger partial charge is 0.497 e. The molecule has 33 heavy (non-hydrogen) atoms. The van der Waals surface area contributed by atoms with E-state index in [9.17, 15) is 13.2 Å². The zero-order valence-corrected chi connectivity index (χ0v) is 19.8. The van der Waals surface area contributed by atoms with Crippen LogP contribution in [-0.4, -0.2) is 43.5 Å². The van der Waals surface area contributed by atoms with E-state index in [0.717, 1.165) is 6.42 Å². The van der Waals surface area contributed by atoms with E-state index in [1.54, 1.807) is 25.3 Å². The highest BCUT2D eigenvalue weighted by Gasteiger charge is 2.41. The molecule has 174 valence electrons. The minimum absolute atomic E-state index is 0.0401. The minimum Gasteiger partial charge on any atom is -0.497 e. The summed E-state index contributed by atoms with van der Waals surface area (Å²) in [7, 11) is -2.69. The summed E-state index contributed by atoms with van der Waals surface area (Å²) >= 11 is 0. The van der Waals surface area contributed by atoms with Crippen LogP contribution in [0.5, 0.6) is 5.75 Å². The second-order valence-electron chi connectivity index (χ2n) is 8.75. The number of carbonyl (C=O) groups is 1. The lowest BCUT2D eigenvalue weighted by molar-refractivity contribution is 0.0981. The fraction of sp³-hybridized carbons (Fsp3) is 0.348. The highest BCUT2D eigenvalue weighted by molar-refractivity contribution is 7.90. The first-order chi connectivity index (χ1) is 15.5. The zero-order valence-electron chi connectivity index (χ0n) is 19.0. The number of amides is 1. The molecular formula is C23H27N5O4S. The molecule has 0 saturated carbocycles. The quantitative estimate of drug-likeness (QED) is 0.584. The summed E-state index contributed by atoms with van der Waals surface area (Å²) in [5.74, 6) is 0.660. The maximum absolute atomic E-state index is 13.3. The lowest BCUT2D eigenvalue weighted by Crippen LogP contribution is -2.43. The molecule has 10 heteroatoms. The normalized spacial score (nSPS) is 17.8. The van der Waals surface area contributed by atoms with Crippen molar-refractivity contribution in [1.82, 2.24) is 14.7 Å². The first-order valence-electron chi connectivity index (χ1n) is 10.6. The SMILES string of the molecule is COc1ccc2nc(N3CCC(C)C3(C)C)c(C(=O)NS(=O)(=O)c3cccc(N)n3)cc2c1. The van der Waals surface area contributed by atoms with Gasteiger partial charge in [-0.25, -0.2) is 14.7 Å². The average molecular weight is 470 g/mol. The van der Waals surface area contributed by atoms with Crippen LogP contribution < -0.4 is 20.1 Å². The molecule has 4 rings (SSSR count). The molecule has 0 aliphatic carbocycles. The maximum atomic E-state index is 13.3. The van der Waals surface area contributed by atoms with Gasteiger partial charge in [0.05, 0.1) is 18.2 Å². The van der Waals surface area contributed by atoms with Crippen LogP contribution in [0.1, 0.15) is 37.6 Å². The number of benzene rings is 1. The Bertz CT molecular complexity index is 1340. The van der Waals surface area contributed by atoms with Gasteiger partial charge in [0.15, 0.2) is 5.03 Å². The Balaban J connectivity index is 1.82. The number of hydrogen-bond acceptors (Lipinski definition) is 8. The number of nitrogen functional groups attached to an aromatic ring is 1. The third-order valence-electron chi connectivity index (χ3n) is 6.44. The standard InChI is InChI=1S/C23H27N5O4S/c1-14-10-11-28(23(14,2)3)21-17(13-15-12-16(32-4)8-9-18(15)25-21)22(29)27-33(30,31)20-7-5-6-19(24)26-20/h5-9,12-14H,10-11H2,1-4H3,(H2,24,26)(H,27,29). The molecule has 3 aromatic rings. The van der Waals surface area contributed by atoms with Crippen molar-refractivity contribution >= 4 is 38.5 Å². The Labute approximate surface area is 193 Å². The molecule has 3 heterocycles. The van der Waals surface area contributed by atoms with Gasteiger partial charge in [-0.3, -0.25) is 4.79 Å². The number of nitrogens with two attached hydrogens (primary N) is 1. The van der Waals surface area contributed by atoms with Gasteiger partial charge in [0.25, 0.3) is 15.9 Å². The Morgan fingerprint density at radius 1 is 1.21 bits per heavy atom. The number of nitrogens with one attached hydrogen (secondary N) is 1. The van der Waals surface area contributed by atoms with Crippen LogP contribution in [0.4, 0.5) is 11.6 Å². The number of ether oxygens (including phenoxy) is 1. The van der Waals surface area contributed by atoms with Gasteiger partial charge in [0.1, 0.15) is 17.4 Å². The summed E-state index contributed by atoms with van der Waals surface area (Å²) < 4.78 is 33.1. The molecule has 1 aliphatic rings. The number of pyridine rings is 2. The molecule has 0 spiro atoms. The van der Waals surface area contributed by atoms with Crippen molar-refractivity contribution < 1.29 is 17.9 Å². The Hall–Kier alpha value is -3.40. The van der Waals surface area contributed by atoms with Crippen LogP contribution in [0.3, 0.4) is 0 Å². The fourth-order valence-corrected chi connectivity index (χ4v) is 5.00. The molecule has 1 fully saturated rings. The first kappa shape index (κ1) is 22.8. The van der Waals surface area contributed by atoms with Crippen molar-refractivity contribution in [2.45, 2.75) is 37.8 Å². The van der Waals surface area contributed by atoms with Gasteiger partial charge in [0, 0.05) is 17.5 Å². The summed E-state index contributed by atoms with van der Waals surface area (Å²) in [6, 6.07) is 11.2. The van der Waals surface area contributed by atoms with Crippen molar-refractivity contribution in [3.05, 3.63) is 48.0 Å². The first-order valence-corrected chi connectivity index (χ1v) is 12.1. The van der Waals surface area contributed by atoms with Crippen molar-refractivity contribution in [3.63, 3.8) is 0 Å². The van der Waals surface area contributed by atoms with E-state index in [1.165, 1.54) is 18.2 Å². The number of aromatic nitrogens is 2. The smallest absolute Gasteiger partial charge is 0.281 e. The number of rotatable bonds is 5. The summed E-state index contributed by atoms with van der Waals surface area (Å²) in [6.07, 6.45) is 0.932. The van der Waals surface area contributed by atoms with Crippen LogP contribution in [0.25, 0.3) is 10.9 Å². The van der Waals surface area contributed by atoms with E-state index in [0.29, 0.717) is 34.9 Å². The molecule has 1 aromatic carbocycles. The van der Waals surface area contributed by atoms with Crippen LogP contribution in [0, 0.1) is 5.92 Å². The minimum atomic E-state index is -4.24. The Morgan fingerprint density at radius 2 is 1.97 bits per heavy atom. The van der Waals surface area contributed by atoms with E-state index in [4.69, 9.17) is 15.5 Å². The lowest BCUT2D eigenvalue weighted by Gasteiger charge is -2.36. The molecule has 0 bridgehead atoms.